The van der Waals surface area contributed by atoms with Crippen LogP contribution in [-0.4, -0.2) is 35.6 Å². The number of benzene rings is 1. The lowest BCUT2D eigenvalue weighted by Crippen LogP contribution is -2.30. The molecule has 0 radical (unpaired) electrons. The van der Waals surface area contributed by atoms with Gasteiger partial charge in [-0.2, -0.15) is 0 Å². The lowest BCUT2D eigenvalue weighted by molar-refractivity contribution is -0.118. The summed E-state index contributed by atoms with van der Waals surface area (Å²) in [5.74, 6) is 1.59. The average Bonchev–Trinajstić information content (AvgIpc) is 2.61. The molecule has 24 heavy (non-hydrogen) atoms. The first-order valence-electron chi connectivity index (χ1n) is 7.96. The van der Waals surface area contributed by atoms with Crippen LogP contribution < -0.4 is 15.0 Å². The number of ether oxygens (including phenoxy) is 1. The molecule has 1 aromatic heterocycles. The third kappa shape index (κ3) is 4.58. The van der Waals surface area contributed by atoms with Gasteiger partial charge in [0.2, 0.25) is 0 Å². The normalized spacial score (nSPS) is 14.3. The fraction of sp³-hybridized carbons (Fsp3) is 0.353. The maximum atomic E-state index is 12.0. The van der Waals surface area contributed by atoms with Crippen LogP contribution in [0.25, 0.3) is 0 Å². The van der Waals surface area contributed by atoms with Crippen LogP contribution in [-0.2, 0) is 4.79 Å². The van der Waals surface area contributed by atoms with Gasteiger partial charge >= 0.3 is 0 Å². The lowest BCUT2D eigenvalue weighted by atomic mass is 10.1. The van der Waals surface area contributed by atoms with Crippen molar-refractivity contribution in [2.45, 2.75) is 19.3 Å². The molecule has 6 nitrogen and oxygen atoms in total. The van der Waals surface area contributed by atoms with Crippen molar-refractivity contribution in [3.05, 3.63) is 41.7 Å². The number of rotatable bonds is 5. The Labute approximate surface area is 145 Å². The first-order valence-corrected chi connectivity index (χ1v) is 8.34. The Bertz CT molecular complexity index is 704. The van der Waals surface area contributed by atoms with E-state index in [0.717, 1.165) is 18.9 Å². The Balaban J connectivity index is 1.56. The van der Waals surface area contributed by atoms with Crippen molar-refractivity contribution in [3.63, 3.8) is 0 Å². The number of aromatic nitrogens is 2. The molecular formula is C17H19ClN4O2. The standard InChI is InChI=1S/C17H19ClN4O2/c18-13-5-4-6-14(9-13)24-11-17(23)21-15-10-16(20-12-19-15)22-7-2-1-3-8-22/h4-6,9-10,12H,1-3,7-8,11H2,(H,19,20,21,23). The van der Waals surface area contributed by atoms with Crippen molar-refractivity contribution in [1.29, 1.82) is 0 Å². The zero-order valence-corrected chi connectivity index (χ0v) is 14.0. The van der Waals surface area contributed by atoms with Crippen LogP contribution in [0.1, 0.15) is 19.3 Å². The van der Waals surface area contributed by atoms with Gasteiger partial charge in [-0.05, 0) is 37.5 Å². The van der Waals surface area contributed by atoms with E-state index in [1.165, 1.54) is 25.6 Å². The van der Waals surface area contributed by atoms with Gasteiger partial charge in [-0.15, -0.1) is 0 Å². The van der Waals surface area contributed by atoms with Gasteiger partial charge in [0.15, 0.2) is 6.61 Å². The Hall–Kier alpha value is -2.34. The summed E-state index contributed by atoms with van der Waals surface area (Å²) in [4.78, 5) is 22.6. The number of amides is 1. The summed E-state index contributed by atoms with van der Waals surface area (Å²) < 4.78 is 5.42. The van der Waals surface area contributed by atoms with Crippen LogP contribution in [0.3, 0.4) is 0 Å². The van der Waals surface area contributed by atoms with Gasteiger partial charge in [-0.1, -0.05) is 17.7 Å². The quantitative estimate of drug-likeness (QED) is 0.900. The predicted molar refractivity (Wildman–Crippen MR) is 93.7 cm³/mol. The Morgan fingerprint density at radius 1 is 1.21 bits per heavy atom. The molecule has 0 aliphatic carbocycles. The minimum absolute atomic E-state index is 0.108. The molecule has 1 N–H and O–H groups in total. The van der Waals surface area contributed by atoms with Crippen molar-refractivity contribution >= 4 is 29.1 Å². The van der Waals surface area contributed by atoms with Gasteiger partial charge < -0.3 is 15.0 Å². The number of anilines is 2. The zero-order valence-electron chi connectivity index (χ0n) is 13.2. The molecule has 1 saturated heterocycles. The van der Waals surface area contributed by atoms with Crippen LogP contribution in [0.15, 0.2) is 36.7 Å². The smallest absolute Gasteiger partial charge is 0.263 e. The van der Waals surface area contributed by atoms with Gasteiger partial charge in [-0.25, -0.2) is 9.97 Å². The molecule has 0 spiro atoms. The second kappa shape index (κ2) is 7.97. The Kier molecular flexibility index (Phi) is 5.48. The largest absolute Gasteiger partial charge is 0.484 e. The van der Waals surface area contributed by atoms with Crippen molar-refractivity contribution in [2.75, 3.05) is 29.9 Å². The van der Waals surface area contributed by atoms with E-state index in [9.17, 15) is 4.79 Å². The maximum absolute atomic E-state index is 12.0. The van der Waals surface area contributed by atoms with Crippen LogP contribution in [0.4, 0.5) is 11.6 Å². The average molecular weight is 347 g/mol. The second-order valence-corrected chi connectivity index (χ2v) is 6.04. The number of halogens is 1. The molecular weight excluding hydrogens is 328 g/mol. The predicted octanol–water partition coefficient (Wildman–Crippen LogP) is 3.14. The molecule has 0 saturated carbocycles. The molecule has 1 aliphatic heterocycles. The van der Waals surface area contributed by atoms with Crippen LogP contribution in [0, 0.1) is 0 Å². The van der Waals surface area contributed by atoms with E-state index in [1.54, 1.807) is 30.3 Å². The van der Waals surface area contributed by atoms with E-state index in [2.05, 4.69) is 20.2 Å². The summed E-state index contributed by atoms with van der Waals surface area (Å²) in [5, 5.41) is 3.30. The highest BCUT2D eigenvalue weighted by Crippen LogP contribution is 2.19. The number of carbonyl (C=O) groups is 1. The second-order valence-electron chi connectivity index (χ2n) is 5.60. The molecule has 0 unspecified atom stereocenters. The van der Waals surface area contributed by atoms with E-state index in [1.807, 2.05) is 0 Å². The molecule has 1 aliphatic rings. The fourth-order valence-electron chi connectivity index (χ4n) is 2.60. The maximum Gasteiger partial charge on any atom is 0.263 e. The van der Waals surface area contributed by atoms with E-state index >= 15 is 0 Å². The zero-order chi connectivity index (χ0) is 16.8. The number of hydrogen-bond donors (Lipinski definition) is 1. The number of carbonyl (C=O) groups excluding carboxylic acids is 1. The SMILES string of the molecule is O=C(COc1cccc(Cl)c1)Nc1cc(N2CCCCC2)ncn1. The first kappa shape index (κ1) is 16.5. The summed E-state index contributed by atoms with van der Waals surface area (Å²) in [5.41, 5.74) is 0. The van der Waals surface area contributed by atoms with Gasteiger partial charge in [0.05, 0.1) is 0 Å². The molecule has 2 aromatic rings. The molecule has 3 rings (SSSR count). The summed E-state index contributed by atoms with van der Waals surface area (Å²) in [7, 11) is 0. The highest BCUT2D eigenvalue weighted by Gasteiger charge is 2.13. The fourth-order valence-corrected chi connectivity index (χ4v) is 2.78. The molecule has 0 bridgehead atoms. The highest BCUT2D eigenvalue weighted by molar-refractivity contribution is 6.30. The van der Waals surface area contributed by atoms with Gasteiger partial charge in [0.25, 0.3) is 5.91 Å². The highest BCUT2D eigenvalue weighted by atomic mass is 35.5. The third-order valence-electron chi connectivity index (χ3n) is 3.77. The van der Waals surface area contributed by atoms with Crippen LogP contribution >= 0.6 is 11.6 Å². The Morgan fingerprint density at radius 3 is 2.83 bits per heavy atom. The topological polar surface area (TPSA) is 67.3 Å². The molecule has 1 fully saturated rings. The monoisotopic (exact) mass is 346 g/mol. The summed E-state index contributed by atoms with van der Waals surface area (Å²) in [6.07, 6.45) is 5.06. The van der Waals surface area contributed by atoms with Crippen molar-refractivity contribution < 1.29 is 9.53 Å². The van der Waals surface area contributed by atoms with Crippen LogP contribution in [0.2, 0.25) is 5.02 Å². The number of piperidine rings is 1. The van der Waals surface area contributed by atoms with Crippen molar-refractivity contribution in [3.8, 4) is 5.75 Å². The van der Waals surface area contributed by atoms with Crippen LogP contribution in [0.5, 0.6) is 5.75 Å². The van der Waals surface area contributed by atoms with Gasteiger partial charge in [0.1, 0.15) is 23.7 Å². The Morgan fingerprint density at radius 2 is 2.04 bits per heavy atom. The van der Waals surface area contributed by atoms with E-state index < -0.39 is 0 Å². The third-order valence-corrected chi connectivity index (χ3v) is 4.00. The van der Waals surface area contributed by atoms with Crippen molar-refractivity contribution in [1.82, 2.24) is 9.97 Å². The number of hydrogen-bond acceptors (Lipinski definition) is 5. The van der Waals surface area contributed by atoms with Gasteiger partial charge in [-0.3, -0.25) is 4.79 Å². The van der Waals surface area contributed by atoms with E-state index in [-0.39, 0.29) is 12.5 Å². The minimum atomic E-state index is -0.279. The first-order chi connectivity index (χ1) is 11.7. The molecule has 126 valence electrons. The number of nitrogens with zero attached hydrogens (tertiary/aromatic N) is 3. The summed E-state index contributed by atoms with van der Waals surface area (Å²) in [6, 6.07) is 8.72. The van der Waals surface area contributed by atoms with Gasteiger partial charge in [0, 0.05) is 24.2 Å². The van der Waals surface area contributed by atoms with E-state index in [4.69, 9.17) is 16.3 Å². The lowest BCUT2D eigenvalue weighted by Gasteiger charge is -2.27. The van der Waals surface area contributed by atoms with Crippen molar-refractivity contribution in [2.24, 2.45) is 0 Å². The molecule has 1 aromatic carbocycles. The molecule has 0 atom stereocenters. The molecule has 1 amide bonds. The molecule has 7 heteroatoms. The summed E-state index contributed by atoms with van der Waals surface area (Å²) >= 11 is 5.88. The van der Waals surface area contributed by atoms with E-state index in [0.29, 0.717) is 16.6 Å². The molecule has 2 heterocycles. The number of nitrogens with one attached hydrogen (secondary N) is 1. The minimum Gasteiger partial charge on any atom is -0.484 e. The summed E-state index contributed by atoms with van der Waals surface area (Å²) in [6.45, 7) is 1.87.